The predicted molar refractivity (Wildman–Crippen MR) is 152 cm³/mol. The summed E-state index contributed by atoms with van der Waals surface area (Å²) in [6.07, 6.45) is 7.63. The lowest BCUT2D eigenvalue weighted by Gasteiger charge is -2.24. The third-order valence-electron chi connectivity index (χ3n) is 8.17. The fraction of sp³-hybridized carbons (Fsp3) is 0.433. The number of Topliss-reactive ketones (excluding diaryl/α,β-unsaturated/α-hetero) is 1. The van der Waals surface area contributed by atoms with E-state index in [4.69, 9.17) is 4.98 Å². The van der Waals surface area contributed by atoms with Gasteiger partial charge in [-0.3, -0.25) is 14.5 Å². The van der Waals surface area contributed by atoms with E-state index < -0.39 is 0 Å². The Morgan fingerprint density at radius 2 is 2.13 bits per heavy atom. The maximum Gasteiger partial charge on any atom is 0.254 e. The van der Waals surface area contributed by atoms with Crippen LogP contribution < -0.4 is 5.32 Å². The number of imidazole rings is 1. The van der Waals surface area contributed by atoms with Crippen molar-refractivity contribution in [3.8, 4) is 0 Å². The molecule has 0 radical (unpaired) electrons. The van der Waals surface area contributed by atoms with Crippen molar-refractivity contribution in [1.82, 2.24) is 25.1 Å². The summed E-state index contributed by atoms with van der Waals surface area (Å²) in [5.74, 6) is 0.682. The average Bonchev–Trinajstić information content (AvgIpc) is 3.65. The summed E-state index contributed by atoms with van der Waals surface area (Å²) in [6, 6.07) is 6.84. The van der Waals surface area contributed by atoms with Crippen LogP contribution in [0.25, 0.3) is 16.6 Å². The van der Waals surface area contributed by atoms with Gasteiger partial charge in [0, 0.05) is 60.7 Å². The van der Waals surface area contributed by atoms with Gasteiger partial charge in [0.05, 0.1) is 16.6 Å². The smallest absolute Gasteiger partial charge is 0.254 e. The van der Waals surface area contributed by atoms with Crippen LogP contribution in [0.4, 0.5) is 0 Å². The summed E-state index contributed by atoms with van der Waals surface area (Å²) in [7, 11) is 0. The van der Waals surface area contributed by atoms with E-state index in [1.54, 1.807) is 11.3 Å². The number of amides is 1. The molecule has 2 aliphatic heterocycles. The summed E-state index contributed by atoms with van der Waals surface area (Å²) in [5.41, 5.74) is 6.02. The third kappa shape index (κ3) is 4.71. The molecule has 3 aliphatic rings. The molecule has 6 rings (SSSR count). The highest BCUT2D eigenvalue weighted by Crippen LogP contribution is 2.30. The average molecular weight is 530 g/mol. The molecule has 1 saturated heterocycles. The molecule has 198 valence electrons. The van der Waals surface area contributed by atoms with E-state index in [9.17, 15) is 9.59 Å². The molecule has 1 aliphatic carbocycles. The molecule has 0 saturated carbocycles. The fourth-order valence-corrected chi connectivity index (χ4v) is 7.00. The molecule has 8 heteroatoms. The summed E-state index contributed by atoms with van der Waals surface area (Å²) in [6.45, 7) is 9.96. The first-order valence-corrected chi connectivity index (χ1v) is 14.5. The lowest BCUT2D eigenvalue weighted by molar-refractivity contribution is -0.113. The monoisotopic (exact) mass is 529 g/mol. The van der Waals surface area contributed by atoms with Crippen molar-refractivity contribution in [2.45, 2.75) is 65.1 Å². The molecule has 0 bridgehead atoms. The maximum atomic E-state index is 13.2. The molecule has 1 aromatic carbocycles. The summed E-state index contributed by atoms with van der Waals surface area (Å²) < 4.78 is 0. The number of nitrogens with one attached hydrogen (secondary N) is 2. The number of nitrogens with zero attached hydrogens (tertiary/aromatic N) is 3. The van der Waals surface area contributed by atoms with Crippen molar-refractivity contribution in [2.75, 3.05) is 19.6 Å². The molecule has 7 nitrogen and oxygen atoms in total. The number of rotatable bonds is 8. The highest BCUT2D eigenvalue weighted by molar-refractivity contribution is 7.10. The van der Waals surface area contributed by atoms with Crippen LogP contribution in [0.1, 0.15) is 65.3 Å². The Bertz CT molecular complexity index is 1460. The highest BCUT2D eigenvalue weighted by atomic mass is 32.1. The second kappa shape index (κ2) is 10.2. The van der Waals surface area contributed by atoms with Crippen LogP contribution in [0.15, 0.2) is 41.4 Å². The Balaban J connectivity index is 1.23. The number of likely N-dealkylation sites (tertiary alicyclic amines) is 1. The van der Waals surface area contributed by atoms with Gasteiger partial charge in [-0.25, -0.2) is 4.98 Å². The lowest BCUT2D eigenvalue weighted by atomic mass is 9.99. The van der Waals surface area contributed by atoms with E-state index in [0.29, 0.717) is 30.4 Å². The van der Waals surface area contributed by atoms with Crippen LogP contribution in [0.5, 0.6) is 0 Å². The summed E-state index contributed by atoms with van der Waals surface area (Å²) in [5, 5.41) is 5.68. The molecule has 38 heavy (non-hydrogen) atoms. The largest absolute Gasteiger partial charge is 0.382 e. The van der Waals surface area contributed by atoms with E-state index in [2.05, 4.69) is 47.4 Å². The van der Waals surface area contributed by atoms with Crippen molar-refractivity contribution in [1.29, 1.82) is 0 Å². The van der Waals surface area contributed by atoms with Crippen molar-refractivity contribution in [3.05, 3.63) is 68.8 Å². The van der Waals surface area contributed by atoms with Gasteiger partial charge >= 0.3 is 0 Å². The Morgan fingerprint density at radius 3 is 2.89 bits per heavy atom. The van der Waals surface area contributed by atoms with Crippen LogP contribution in [0.2, 0.25) is 0 Å². The maximum absolute atomic E-state index is 13.2. The Kier molecular flexibility index (Phi) is 6.70. The minimum atomic E-state index is 0.0412. The molecule has 1 fully saturated rings. The fourth-order valence-electron chi connectivity index (χ4n) is 5.96. The molecule has 2 N–H and O–H groups in total. The first kappa shape index (κ1) is 25.1. The molecular formula is C30H35N5O2S. The van der Waals surface area contributed by atoms with E-state index >= 15 is 0 Å². The normalized spacial score (nSPS) is 20.7. The number of hydrogen-bond donors (Lipinski definition) is 2. The van der Waals surface area contributed by atoms with Gasteiger partial charge in [-0.15, -0.1) is 11.3 Å². The van der Waals surface area contributed by atoms with Gasteiger partial charge in [-0.05, 0) is 80.9 Å². The quantitative estimate of drug-likeness (QED) is 0.437. The van der Waals surface area contributed by atoms with Gasteiger partial charge in [0.2, 0.25) is 0 Å². The van der Waals surface area contributed by atoms with E-state index in [1.165, 1.54) is 23.3 Å². The minimum absolute atomic E-state index is 0.0412. The zero-order valence-corrected chi connectivity index (χ0v) is 23.2. The Morgan fingerprint density at radius 1 is 1.26 bits per heavy atom. The number of carbonyl (C=O) groups is 2. The lowest BCUT2D eigenvalue weighted by Crippen LogP contribution is -2.36. The van der Waals surface area contributed by atoms with Gasteiger partial charge in [0.1, 0.15) is 5.82 Å². The number of carbonyl (C=O) groups excluding carboxylic acids is 2. The van der Waals surface area contributed by atoms with Crippen molar-refractivity contribution >= 4 is 39.6 Å². The van der Waals surface area contributed by atoms with Crippen LogP contribution in [0, 0.1) is 6.92 Å². The van der Waals surface area contributed by atoms with Crippen molar-refractivity contribution in [2.24, 2.45) is 0 Å². The number of aromatic nitrogens is 2. The van der Waals surface area contributed by atoms with Gasteiger partial charge < -0.3 is 15.2 Å². The van der Waals surface area contributed by atoms with Crippen LogP contribution >= 0.6 is 11.3 Å². The summed E-state index contributed by atoms with van der Waals surface area (Å²) in [4.78, 5) is 40.2. The molecule has 0 unspecified atom stereocenters. The third-order valence-corrected chi connectivity index (χ3v) is 9.21. The number of thiophene rings is 1. The molecule has 3 aromatic rings. The summed E-state index contributed by atoms with van der Waals surface area (Å²) >= 11 is 1.77. The number of benzene rings is 1. The highest BCUT2D eigenvalue weighted by Gasteiger charge is 2.30. The van der Waals surface area contributed by atoms with Gasteiger partial charge in [-0.1, -0.05) is 6.08 Å². The topological polar surface area (TPSA) is 81.3 Å². The Hall–Kier alpha value is -3.23. The van der Waals surface area contributed by atoms with Crippen molar-refractivity contribution in [3.63, 3.8) is 0 Å². The number of aryl methyl sites for hydroxylation is 1. The number of allylic oxidation sites excluding steroid dienone is 3. The standard InChI is InChI=1S/C30H35N5O2S/c1-18-9-13-38-27(18)14-19(2)31-23-7-4-8-26(36)28(23)29-32-24-15-21-17-35(12-11-34-10-5-6-20(34)3)30(37)22(21)16-25(24)33-29/h4,7,9,13,15-16,19-20,31H,5-6,8,10-12,14,17H2,1-3H3,(H,32,33)/t19-,20+/m0/s1. The number of aromatic amines is 1. The van der Waals surface area contributed by atoms with E-state index in [0.717, 1.165) is 53.9 Å². The molecular weight excluding hydrogens is 494 g/mol. The van der Waals surface area contributed by atoms with Crippen LogP contribution in [-0.4, -0.2) is 63.2 Å². The number of hydrogen-bond acceptors (Lipinski definition) is 6. The van der Waals surface area contributed by atoms with E-state index in [1.807, 2.05) is 29.2 Å². The number of H-pyrrole nitrogens is 1. The van der Waals surface area contributed by atoms with Crippen LogP contribution in [0.3, 0.4) is 0 Å². The first-order chi connectivity index (χ1) is 18.4. The first-order valence-electron chi connectivity index (χ1n) is 13.7. The zero-order valence-electron chi connectivity index (χ0n) is 22.3. The molecule has 2 aromatic heterocycles. The second-order valence-corrected chi connectivity index (χ2v) is 12.0. The number of ketones is 1. The molecule has 1 amide bonds. The predicted octanol–water partition coefficient (Wildman–Crippen LogP) is 4.83. The van der Waals surface area contributed by atoms with Gasteiger partial charge in [0.15, 0.2) is 5.78 Å². The molecule has 0 spiro atoms. The molecule has 4 heterocycles. The second-order valence-electron chi connectivity index (χ2n) is 11.0. The van der Waals surface area contributed by atoms with Gasteiger partial charge in [0.25, 0.3) is 5.91 Å². The van der Waals surface area contributed by atoms with Crippen molar-refractivity contribution < 1.29 is 9.59 Å². The minimum Gasteiger partial charge on any atom is -0.382 e. The van der Waals surface area contributed by atoms with Gasteiger partial charge in [-0.2, -0.15) is 0 Å². The van der Waals surface area contributed by atoms with Crippen LogP contribution in [-0.2, 0) is 17.8 Å². The SMILES string of the molecule is Cc1ccsc1C[C@H](C)NC1=C(c2nc3cc4c(cc3[nH]2)CN(CCN2CCC[C@H]2C)C4=O)C(=O)CC=C1. The molecule has 2 atom stereocenters. The van der Waals surface area contributed by atoms with E-state index in [-0.39, 0.29) is 17.7 Å². The number of fused-ring (bicyclic) bond motifs is 2. The Labute approximate surface area is 227 Å². The zero-order chi connectivity index (χ0) is 26.4.